The highest BCUT2D eigenvalue weighted by atomic mass is 32.2. The molecule has 0 aliphatic heterocycles. The van der Waals surface area contributed by atoms with Gasteiger partial charge in [-0.1, -0.05) is 51.6 Å². The topological polar surface area (TPSA) is 158 Å². The van der Waals surface area contributed by atoms with Gasteiger partial charge in [-0.3, -0.25) is 4.79 Å². The van der Waals surface area contributed by atoms with Gasteiger partial charge >= 0.3 is 11.9 Å². The van der Waals surface area contributed by atoms with E-state index in [9.17, 15) is 28.2 Å². The fourth-order valence-electron chi connectivity index (χ4n) is 4.37. The number of carbonyl (C=O) groups excluding carboxylic acids is 2. The molecule has 4 aromatic rings. The van der Waals surface area contributed by atoms with Crippen molar-refractivity contribution >= 4 is 32.8 Å². The van der Waals surface area contributed by atoms with E-state index in [0.717, 1.165) is 0 Å². The van der Waals surface area contributed by atoms with Crippen molar-refractivity contribution in [1.82, 2.24) is 15.0 Å². The number of carbonyl (C=O) groups is 2. The van der Waals surface area contributed by atoms with Gasteiger partial charge in [0.1, 0.15) is 22.5 Å². The molecule has 1 aromatic heterocycles. The third-order valence-electron chi connectivity index (χ3n) is 6.72. The van der Waals surface area contributed by atoms with E-state index in [-0.39, 0.29) is 52.7 Å². The van der Waals surface area contributed by atoms with Gasteiger partial charge in [-0.15, -0.1) is 15.0 Å². The first-order valence-electron chi connectivity index (χ1n) is 13.9. The van der Waals surface area contributed by atoms with Gasteiger partial charge in [0, 0.05) is 24.0 Å². The molecule has 1 atom stereocenters. The van der Waals surface area contributed by atoms with Gasteiger partial charge in [0.2, 0.25) is 16.1 Å². The van der Waals surface area contributed by atoms with Crippen LogP contribution in [-0.4, -0.2) is 58.5 Å². The van der Waals surface area contributed by atoms with E-state index >= 15 is 0 Å². The van der Waals surface area contributed by atoms with Crippen LogP contribution in [0, 0.1) is 0 Å². The molecular formula is C32H35N3O8S. The summed E-state index contributed by atoms with van der Waals surface area (Å²) in [5.74, 6) is -1.45. The lowest BCUT2D eigenvalue weighted by Crippen LogP contribution is -2.26. The highest BCUT2D eigenvalue weighted by Crippen LogP contribution is 2.37. The maximum absolute atomic E-state index is 13.1. The standard InChI is InChI=1S/C32H35N3O8S/c1-20(2)31(39)43-29(15-16-36)42-28(37)14-11-21-17-24(32(3,4)5)30(38)27(18-21)35-33-25-13-12-23(19-26(25)34-35)44(40,41)22-9-7-6-8-10-22/h6-10,12-13,17-19,29,36,38H,1,11,14-16H2,2-5H3. The second kappa shape index (κ2) is 13.0. The average Bonchev–Trinajstić information content (AvgIpc) is 3.40. The van der Waals surface area contributed by atoms with Crippen molar-refractivity contribution in [2.75, 3.05) is 6.61 Å². The summed E-state index contributed by atoms with van der Waals surface area (Å²) in [6.45, 7) is 10.4. The summed E-state index contributed by atoms with van der Waals surface area (Å²) in [7, 11) is -3.78. The Hall–Kier alpha value is -4.55. The number of phenols is 1. The minimum absolute atomic E-state index is 0.0588. The monoisotopic (exact) mass is 621 g/mol. The molecule has 12 heteroatoms. The number of phenolic OH excluding ortho intramolecular Hbond substituents is 1. The predicted octanol–water partition coefficient (Wildman–Crippen LogP) is 4.56. The van der Waals surface area contributed by atoms with E-state index < -0.39 is 33.5 Å². The minimum atomic E-state index is -3.78. The van der Waals surface area contributed by atoms with Gasteiger partial charge in [0.25, 0.3) is 0 Å². The molecule has 0 saturated heterocycles. The minimum Gasteiger partial charge on any atom is -0.505 e. The van der Waals surface area contributed by atoms with Gasteiger partial charge in [-0.2, -0.15) is 0 Å². The summed E-state index contributed by atoms with van der Waals surface area (Å²) in [5.41, 5.74) is 1.87. The highest BCUT2D eigenvalue weighted by molar-refractivity contribution is 7.91. The predicted molar refractivity (Wildman–Crippen MR) is 162 cm³/mol. The van der Waals surface area contributed by atoms with Crippen molar-refractivity contribution in [3.63, 3.8) is 0 Å². The van der Waals surface area contributed by atoms with Crippen molar-refractivity contribution in [3.05, 3.63) is 83.9 Å². The van der Waals surface area contributed by atoms with Crippen LogP contribution in [0.5, 0.6) is 5.75 Å². The Labute approximate surface area is 255 Å². The fraction of sp³-hybridized carbons (Fsp3) is 0.312. The molecular weight excluding hydrogens is 586 g/mol. The summed E-state index contributed by atoms with van der Waals surface area (Å²) in [6.07, 6.45) is -1.23. The van der Waals surface area contributed by atoms with Crippen LogP contribution in [0.25, 0.3) is 16.7 Å². The van der Waals surface area contributed by atoms with Crippen LogP contribution in [0.3, 0.4) is 0 Å². The van der Waals surface area contributed by atoms with Crippen molar-refractivity contribution < 1.29 is 37.7 Å². The van der Waals surface area contributed by atoms with Crippen LogP contribution in [0.4, 0.5) is 0 Å². The summed E-state index contributed by atoms with van der Waals surface area (Å²) < 4.78 is 36.6. The van der Waals surface area contributed by atoms with Crippen LogP contribution in [-0.2, 0) is 40.7 Å². The van der Waals surface area contributed by atoms with Gasteiger partial charge in [-0.05, 0) is 60.7 Å². The Balaban J connectivity index is 1.63. The van der Waals surface area contributed by atoms with E-state index in [4.69, 9.17) is 9.47 Å². The number of ether oxygens (including phenoxy) is 2. The molecule has 3 aromatic carbocycles. The Morgan fingerprint density at radius 1 is 0.977 bits per heavy atom. The molecule has 0 aliphatic rings. The second-order valence-electron chi connectivity index (χ2n) is 11.3. The summed E-state index contributed by atoms with van der Waals surface area (Å²) >= 11 is 0. The molecule has 0 bridgehead atoms. The van der Waals surface area contributed by atoms with Gasteiger partial charge in [0.15, 0.2) is 0 Å². The Morgan fingerprint density at radius 2 is 1.66 bits per heavy atom. The number of nitrogens with zero attached hydrogens (tertiary/aromatic N) is 3. The molecule has 0 aliphatic carbocycles. The maximum Gasteiger partial charge on any atom is 0.336 e. The number of aliphatic hydroxyl groups excluding tert-OH is 1. The van der Waals surface area contributed by atoms with Crippen molar-refractivity contribution in [1.29, 1.82) is 0 Å². The Kier molecular flexibility index (Phi) is 9.55. The number of benzene rings is 3. The van der Waals surface area contributed by atoms with E-state index in [0.29, 0.717) is 22.2 Å². The molecule has 1 heterocycles. The van der Waals surface area contributed by atoms with Gasteiger partial charge in [-0.25, -0.2) is 13.2 Å². The number of aromatic hydroxyl groups is 1. The SMILES string of the molecule is C=C(C)C(=O)OC(CCO)OC(=O)CCc1cc(-n2nc3ccc(S(=O)(=O)c4ccccc4)cc3n2)c(O)c(C(C)(C)C)c1. The van der Waals surface area contributed by atoms with Crippen molar-refractivity contribution in [2.24, 2.45) is 0 Å². The van der Waals surface area contributed by atoms with Gasteiger partial charge < -0.3 is 19.7 Å². The third kappa shape index (κ3) is 7.32. The Bertz CT molecular complexity index is 1810. The zero-order valence-electron chi connectivity index (χ0n) is 25.0. The maximum atomic E-state index is 13.1. The number of hydrogen-bond donors (Lipinski definition) is 2. The van der Waals surface area contributed by atoms with Crippen LogP contribution in [0.2, 0.25) is 0 Å². The lowest BCUT2D eigenvalue weighted by molar-refractivity contribution is -0.187. The Morgan fingerprint density at radius 3 is 2.30 bits per heavy atom. The number of hydrogen-bond acceptors (Lipinski definition) is 10. The first kappa shape index (κ1) is 32.4. The van der Waals surface area contributed by atoms with E-state index in [1.807, 2.05) is 20.8 Å². The molecule has 2 N–H and O–H groups in total. The molecule has 0 radical (unpaired) electrons. The van der Waals surface area contributed by atoms with Crippen molar-refractivity contribution in [3.8, 4) is 11.4 Å². The quantitative estimate of drug-likeness (QED) is 0.138. The van der Waals surface area contributed by atoms with Crippen LogP contribution < -0.4 is 0 Å². The largest absolute Gasteiger partial charge is 0.505 e. The molecule has 0 fully saturated rings. The molecule has 0 spiro atoms. The number of esters is 2. The normalized spacial score (nSPS) is 12.6. The summed E-state index contributed by atoms with van der Waals surface area (Å²) in [5, 5.41) is 29.5. The van der Waals surface area contributed by atoms with Crippen molar-refractivity contribution in [2.45, 2.75) is 68.5 Å². The number of aliphatic hydroxyl groups is 1. The van der Waals surface area contributed by atoms with Gasteiger partial charge in [0.05, 0.1) is 16.4 Å². The molecule has 0 amide bonds. The van der Waals surface area contributed by atoms with Crippen LogP contribution >= 0.6 is 0 Å². The molecule has 1 unspecified atom stereocenters. The van der Waals surface area contributed by atoms with Crippen LogP contribution in [0.1, 0.15) is 51.7 Å². The lowest BCUT2D eigenvalue weighted by atomic mass is 9.84. The zero-order valence-corrected chi connectivity index (χ0v) is 25.8. The fourth-order valence-corrected chi connectivity index (χ4v) is 5.67. The smallest absolute Gasteiger partial charge is 0.336 e. The summed E-state index contributed by atoms with van der Waals surface area (Å²) in [6, 6.07) is 16.0. The average molecular weight is 622 g/mol. The van der Waals surface area contributed by atoms with E-state index in [2.05, 4.69) is 16.8 Å². The number of aromatic nitrogens is 3. The molecule has 4 rings (SSSR count). The molecule has 232 valence electrons. The lowest BCUT2D eigenvalue weighted by Gasteiger charge is -2.23. The highest BCUT2D eigenvalue weighted by Gasteiger charge is 2.25. The summed E-state index contributed by atoms with van der Waals surface area (Å²) in [4.78, 5) is 26.0. The van der Waals surface area contributed by atoms with E-state index in [1.165, 1.54) is 36.0 Å². The number of fused-ring (bicyclic) bond motifs is 1. The number of rotatable bonds is 11. The molecule has 0 saturated carbocycles. The molecule has 11 nitrogen and oxygen atoms in total. The number of sulfone groups is 1. The second-order valence-corrected chi connectivity index (χ2v) is 13.3. The first-order chi connectivity index (χ1) is 20.7. The third-order valence-corrected chi connectivity index (χ3v) is 8.49. The zero-order chi connectivity index (χ0) is 32.2. The van der Waals surface area contributed by atoms with Crippen LogP contribution in [0.15, 0.2) is 82.6 Å². The molecule has 44 heavy (non-hydrogen) atoms. The number of aryl methyl sites for hydroxylation is 1. The first-order valence-corrected chi connectivity index (χ1v) is 15.4. The van der Waals surface area contributed by atoms with E-state index in [1.54, 1.807) is 36.4 Å².